The molecule has 19 heavy (non-hydrogen) atoms. The third-order valence-corrected chi connectivity index (χ3v) is 3.66. The molecular formula is C15H12ClIN2. The van der Waals surface area contributed by atoms with E-state index in [-0.39, 0.29) is 0 Å². The molecule has 0 aliphatic rings. The van der Waals surface area contributed by atoms with Gasteiger partial charge >= 0.3 is 0 Å². The van der Waals surface area contributed by atoms with Crippen molar-refractivity contribution in [3.8, 4) is 0 Å². The second kappa shape index (κ2) is 6.73. The van der Waals surface area contributed by atoms with Gasteiger partial charge in [0.1, 0.15) is 5.84 Å². The number of hydrogen-bond acceptors (Lipinski definition) is 1. The average Bonchev–Trinajstić information content (AvgIpc) is 2.40. The normalized spacial score (nSPS) is 12.0. The van der Waals surface area contributed by atoms with E-state index in [4.69, 9.17) is 17.3 Å². The molecule has 96 valence electrons. The standard InChI is InChI=1S/C15H12ClIN2/c16-12-6-8-13(9-7-12)19-15(18)10-5-11-3-1-2-4-14(11)17/h1-10H,(H2,18,19)/b10-5+. The lowest BCUT2D eigenvalue weighted by molar-refractivity contribution is 1.48. The summed E-state index contributed by atoms with van der Waals surface area (Å²) in [6.07, 6.45) is 3.75. The Bertz CT molecular complexity index is 618. The number of aliphatic imine (C=N–C) groups is 1. The molecule has 2 rings (SSSR count). The minimum absolute atomic E-state index is 0.460. The first-order chi connectivity index (χ1) is 9.15. The molecule has 2 N–H and O–H groups in total. The van der Waals surface area contributed by atoms with Crippen LogP contribution in [0.15, 0.2) is 59.6 Å². The summed E-state index contributed by atoms with van der Waals surface area (Å²) in [6.45, 7) is 0. The van der Waals surface area contributed by atoms with Crippen LogP contribution in [0.25, 0.3) is 6.08 Å². The van der Waals surface area contributed by atoms with Gasteiger partial charge in [-0.3, -0.25) is 0 Å². The first-order valence-electron chi connectivity index (χ1n) is 5.67. The number of nitrogens with two attached hydrogens (primary N) is 1. The molecule has 0 saturated carbocycles. The molecule has 2 nitrogen and oxygen atoms in total. The molecule has 0 unspecified atom stereocenters. The lowest BCUT2D eigenvalue weighted by Crippen LogP contribution is -2.06. The van der Waals surface area contributed by atoms with Gasteiger partial charge in [0.05, 0.1) is 5.69 Å². The minimum atomic E-state index is 0.460. The molecular weight excluding hydrogens is 371 g/mol. The Labute approximate surface area is 131 Å². The molecule has 2 aromatic carbocycles. The summed E-state index contributed by atoms with van der Waals surface area (Å²) < 4.78 is 1.18. The Kier molecular flexibility index (Phi) is 4.99. The van der Waals surface area contributed by atoms with Crippen molar-refractivity contribution in [2.24, 2.45) is 10.7 Å². The maximum Gasteiger partial charge on any atom is 0.124 e. The van der Waals surface area contributed by atoms with Crippen LogP contribution < -0.4 is 5.73 Å². The first kappa shape index (κ1) is 14.1. The monoisotopic (exact) mass is 382 g/mol. The molecule has 0 heterocycles. The van der Waals surface area contributed by atoms with Gasteiger partial charge in [-0.2, -0.15) is 0 Å². The van der Waals surface area contributed by atoms with E-state index in [0.29, 0.717) is 10.9 Å². The molecule has 4 heteroatoms. The molecule has 0 radical (unpaired) electrons. The van der Waals surface area contributed by atoms with Crippen LogP contribution >= 0.6 is 34.2 Å². The molecule has 0 atom stereocenters. The van der Waals surface area contributed by atoms with Crippen molar-refractivity contribution in [3.05, 3.63) is 68.8 Å². The topological polar surface area (TPSA) is 38.4 Å². The lowest BCUT2D eigenvalue weighted by atomic mass is 10.2. The van der Waals surface area contributed by atoms with Crippen molar-refractivity contribution in [1.82, 2.24) is 0 Å². The lowest BCUT2D eigenvalue weighted by Gasteiger charge is -1.98. The third kappa shape index (κ3) is 4.36. The van der Waals surface area contributed by atoms with Gasteiger partial charge in [0.25, 0.3) is 0 Å². The summed E-state index contributed by atoms with van der Waals surface area (Å²) >= 11 is 8.10. The summed E-state index contributed by atoms with van der Waals surface area (Å²) in [5.74, 6) is 0.460. The van der Waals surface area contributed by atoms with E-state index < -0.39 is 0 Å². The van der Waals surface area contributed by atoms with Gasteiger partial charge in [-0.1, -0.05) is 35.9 Å². The van der Waals surface area contributed by atoms with Crippen molar-refractivity contribution >= 4 is 51.8 Å². The van der Waals surface area contributed by atoms with Crippen LogP contribution in [0.2, 0.25) is 5.02 Å². The predicted molar refractivity (Wildman–Crippen MR) is 90.9 cm³/mol. The summed E-state index contributed by atoms with van der Waals surface area (Å²) in [6, 6.07) is 15.3. The molecule has 0 bridgehead atoms. The van der Waals surface area contributed by atoms with Gasteiger partial charge in [0.15, 0.2) is 0 Å². The highest BCUT2D eigenvalue weighted by molar-refractivity contribution is 14.1. The zero-order valence-electron chi connectivity index (χ0n) is 10.1. The van der Waals surface area contributed by atoms with Gasteiger partial charge in [-0.15, -0.1) is 0 Å². The van der Waals surface area contributed by atoms with Crippen LogP contribution in [-0.4, -0.2) is 5.84 Å². The van der Waals surface area contributed by atoms with Gasteiger partial charge < -0.3 is 5.73 Å². The fourth-order valence-corrected chi connectivity index (χ4v) is 2.18. The van der Waals surface area contributed by atoms with Gasteiger partial charge in [0.2, 0.25) is 0 Å². The van der Waals surface area contributed by atoms with Crippen molar-refractivity contribution in [2.45, 2.75) is 0 Å². The van der Waals surface area contributed by atoms with E-state index in [9.17, 15) is 0 Å². The predicted octanol–water partition coefficient (Wildman–Crippen LogP) is 4.65. The van der Waals surface area contributed by atoms with Crippen molar-refractivity contribution in [2.75, 3.05) is 0 Å². The molecule has 0 aliphatic heterocycles. The third-order valence-electron chi connectivity index (χ3n) is 2.42. The largest absolute Gasteiger partial charge is 0.384 e. The van der Waals surface area contributed by atoms with Crippen LogP contribution in [-0.2, 0) is 0 Å². The van der Waals surface area contributed by atoms with E-state index in [0.717, 1.165) is 11.3 Å². The quantitative estimate of drug-likeness (QED) is 0.468. The average molecular weight is 383 g/mol. The Balaban J connectivity index is 2.14. The van der Waals surface area contributed by atoms with E-state index in [1.165, 1.54) is 3.57 Å². The highest BCUT2D eigenvalue weighted by Gasteiger charge is 1.94. The number of nitrogens with zero attached hydrogens (tertiary/aromatic N) is 1. The summed E-state index contributed by atoms with van der Waals surface area (Å²) in [4.78, 5) is 4.29. The number of benzene rings is 2. The van der Waals surface area contributed by atoms with Crippen LogP contribution in [0.5, 0.6) is 0 Å². The van der Waals surface area contributed by atoms with E-state index >= 15 is 0 Å². The van der Waals surface area contributed by atoms with E-state index in [2.05, 4.69) is 27.6 Å². The van der Waals surface area contributed by atoms with Gasteiger partial charge in [-0.05, 0) is 64.6 Å². The molecule has 0 aromatic heterocycles. The number of hydrogen-bond donors (Lipinski definition) is 1. The van der Waals surface area contributed by atoms with Crippen LogP contribution in [0.1, 0.15) is 5.56 Å². The Morgan fingerprint density at radius 1 is 1.11 bits per heavy atom. The summed E-state index contributed by atoms with van der Waals surface area (Å²) in [5, 5.41) is 0.687. The smallest absolute Gasteiger partial charge is 0.124 e. The van der Waals surface area contributed by atoms with Crippen LogP contribution in [0.3, 0.4) is 0 Å². The van der Waals surface area contributed by atoms with Crippen molar-refractivity contribution < 1.29 is 0 Å². The van der Waals surface area contributed by atoms with Crippen molar-refractivity contribution in [1.29, 1.82) is 0 Å². The van der Waals surface area contributed by atoms with E-state index in [1.54, 1.807) is 18.2 Å². The molecule has 0 saturated heterocycles. The second-order valence-electron chi connectivity index (χ2n) is 3.87. The van der Waals surface area contributed by atoms with Crippen LogP contribution in [0, 0.1) is 3.57 Å². The van der Waals surface area contributed by atoms with Gasteiger partial charge in [-0.25, -0.2) is 4.99 Å². The molecule has 0 aliphatic carbocycles. The maximum absolute atomic E-state index is 5.87. The summed E-state index contributed by atoms with van der Waals surface area (Å²) in [7, 11) is 0. The second-order valence-corrected chi connectivity index (χ2v) is 5.47. The fraction of sp³-hybridized carbons (Fsp3) is 0. The Morgan fingerprint density at radius 3 is 2.47 bits per heavy atom. The summed E-state index contributed by atoms with van der Waals surface area (Å²) in [5.41, 5.74) is 7.78. The zero-order chi connectivity index (χ0) is 13.7. The number of amidine groups is 1. The SMILES string of the molecule is NC(/C=C/c1ccccc1I)=Nc1ccc(Cl)cc1. The zero-order valence-corrected chi connectivity index (χ0v) is 13.0. The molecule has 0 amide bonds. The number of rotatable bonds is 3. The van der Waals surface area contributed by atoms with Crippen LogP contribution in [0.4, 0.5) is 5.69 Å². The Morgan fingerprint density at radius 2 is 1.79 bits per heavy atom. The molecule has 0 spiro atoms. The fourth-order valence-electron chi connectivity index (χ4n) is 1.49. The highest BCUT2D eigenvalue weighted by atomic mass is 127. The molecule has 0 fully saturated rings. The minimum Gasteiger partial charge on any atom is -0.384 e. The number of halogens is 2. The van der Waals surface area contributed by atoms with Crippen molar-refractivity contribution in [3.63, 3.8) is 0 Å². The maximum atomic E-state index is 5.87. The first-order valence-corrected chi connectivity index (χ1v) is 7.13. The Hall–Kier alpha value is -1.33. The molecule has 2 aromatic rings. The highest BCUT2D eigenvalue weighted by Crippen LogP contribution is 2.16. The van der Waals surface area contributed by atoms with E-state index in [1.807, 2.05) is 42.5 Å². The van der Waals surface area contributed by atoms with Gasteiger partial charge in [0, 0.05) is 8.59 Å².